The van der Waals surface area contributed by atoms with Crippen LogP contribution in [0.15, 0.2) is 29.3 Å². The van der Waals surface area contributed by atoms with Gasteiger partial charge >= 0.3 is 0 Å². The van der Waals surface area contributed by atoms with Gasteiger partial charge in [-0.15, -0.1) is 0 Å². The molecule has 102 valence electrons. The molecule has 2 heterocycles. The van der Waals surface area contributed by atoms with E-state index in [0.29, 0.717) is 12.6 Å². The van der Waals surface area contributed by atoms with Gasteiger partial charge in [-0.3, -0.25) is 4.99 Å². The summed E-state index contributed by atoms with van der Waals surface area (Å²) in [6.45, 7) is 1.48. The van der Waals surface area contributed by atoms with E-state index in [1.165, 1.54) is 12.1 Å². The van der Waals surface area contributed by atoms with Gasteiger partial charge in [0.2, 0.25) is 0 Å². The number of piperidine rings is 1. The minimum atomic E-state index is -0.211. The number of fused-ring (bicyclic) bond motifs is 1. The van der Waals surface area contributed by atoms with Gasteiger partial charge in [-0.25, -0.2) is 4.39 Å². The topological polar surface area (TPSA) is 35.8 Å². The lowest BCUT2D eigenvalue weighted by molar-refractivity contribution is 0.0863. The SMILES string of the molecule is O[C@@H]1CCN2C(=NCc3ccc(F)cc3)SC[C@@H]2C1. The van der Waals surface area contributed by atoms with Crippen LogP contribution in [0.4, 0.5) is 4.39 Å². The van der Waals surface area contributed by atoms with Crippen molar-refractivity contribution in [1.82, 2.24) is 4.90 Å². The maximum atomic E-state index is 12.8. The van der Waals surface area contributed by atoms with E-state index >= 15 is 0 Å². The third-order valence-corrected chi connectivity index (χ3v) is 4.82. The zero-order valence-electron chi connectivity index (χ0n) is 10.6. The van der Waals surface area contributed by atoms with Crippen molar-refractivity contribution in [2.24, 2.45) is 4.99 Å². The summed E-state index contributed by atoms with van der Waals surface area (Å²) in [6, 6.07) is 6.92. The minimum Gasteiger partial charge on any atom is -0.393 e. The third-order valence-electron chi connectivity index (χ3n) is 3.65. The fourth-order valence-electron chi connectivity index (χ4n) is 2.58. The van der Waals surface area contributed by atoms with Crippen molar-refractivity contribution in [1.29, 1.82) is 0 Å². The molecule has 19 heavy (non-hydrogen) atoms. The van der Waals surface area contributed by atoms with Crippen molar-refractivity contribution in [2.45, 2.75) is 31.5 Å². The Kier molecular flexibility index (Phi) is 3.75. The maximum Gasteiger partial charge on any atom is 0.159 e. The number of rotatable bonds is 2. The van der Waals surface area contributed by atoms with Crippen molar-refractivity contribution in [3.8, 4) is 0 Å². The number of halogens is 1. The van der Waals surface area contributed by atoms with Gasteiger partial charge in [0.1, 0.15) is 5.82 Å². The predicted molar refractivity (Wildman–Crippen MR) is 75.7 cm³/mol. The zero-order valence-corrected chi connectivity index (χ0v) is 11.4. The number of aliphatic hydroxyl groups is 1. The fraction of sp³-hybridized carbons (Fsp3) is 0.500. The fourth-order valence-corrected chi connectivity index (χ4v) is 3.80. The van der Waals surface area contributed by atoms with Crippen LogP contribution < -0.4 is 0 Å². The van der Waals surface area contributed by atoms with Crippen molar-refractivity contribution in [2.75, 3.05) is 12.3 Å². The molecule has 0 spiro atoms. The van der Waals surface area contributed by atoms with Gasteiger partial charge in [-0.2, -0.15) is 0 Å². The van der Waals surface area contributed by atoms with Gasteiger partial charge in [-0.1, -0.05) is 23.9 Å². The van der Waals surface area contributed by atoms with Crippen molar-refractivity contribution in [3.05, 3.63) is 35.6 Å². The lowest BCUT2D eigenvalue weighted by atomic mass is 10.0. The normalized spacial score (nSPS) is 28.7. The Morgan fingerprint density at radius 3 is 2.95 bits per heavy atom. The summed E-state index contributed by atoms with van der Waals surface area (Å²) < 4.78 is 12.8. The lowest BCUT2D eigenvalue weighted by Crippen LogP contribution is -2.43. The molecule has 1 aromatic rings. The van der Waals surface area contributed by atoms with Crippen LogP contribution in [0, 0.1) is 5.82 Å². The van der Waals surface area contributed by atoms with Crippen molar-refractivity contribution >= 4 is 16.9 Å². The largest absolute Gasteiger partial charge is 0.393 e. The maximum absolute atomic E-state index is 12.8. The van der Waals surface area contributed by atoms with Crippen LogP contribution in [0.25, 0.3) is 0 Å². The first-order valence-electron chi connectivity index (χ1n) is 6.59. The molecule has 0 aliphatic carbocycles. The second kappa shape index (κ2) is 5.51. The number of benzene rings is 1. The van der Waals surface area contributed by atoms with Gasteiger partial charge in [0.05, 0.1) is 12.6 Å². The molecule has 0 radical (unpaired) electrons. The molecule has 1 N–H and O–H groups in total. The van der Waals surface area contributed by atoms with E-state index in [2.05, 4.69) is 9.89 Å². The number of aliphatic imine (C=N–C) groups is 1. The molecule has 0 amide bonds. The Bertz CT molecular complexity index is 477. The van der Waals surface area contributed by atoms with Gasteiger partial charge in [0, 0.05) is 18.3 Å². The first-order chi connectivity index (χ1) is 9.22. The van der Waals surface area contributed by atoms with E-state index in [1.807, 2.05) is 0 Å². The standard InChI is InChI=1S/C14H17FN2OS/c15-11-3-1-10(2-4-11)8-16-14-17-6-5-13(18)7-12(17)9-19-14/h1-4,12-13,18H,5-9H2/t12-,13+/m0/s1. The predicted octanol–water partition coefficient (Wildman–Crippen LogP) is 2.25. The van der Waals surface area contributed by atoms with Crippen LogP contribution in [0.5, 0.6) is 0 Å². The second-order valence-electron chi connectivity index (χ2n) is 5.06. The molecule has 2 atom stereocenters. The molecule has 0 saturated carbocycles. The molecule has 1 aromatic carbocycles. The number of nitrogens with zero attached hydrogens (tertiary/aromatic N) is 2. The monoisotopic (exact) mass is 280 g/mol. The summed E-state index contributed by atoms with van der Waals surface area (Å²) in [4.78, 5) is 6.94. The summed E-state index contributed by atoms with van der Waals surface area (Å²) in [6.07, 6.45) is 1.52. The summed E-state index contributed by atoms with van der Waals surface area (Å²) in [5.41, 5.74) is 1.02. The van der Waals surface area contributed by atoms with E-state index in [-0.39, 0.29) is 11.9 Å². The smallest absolute Gasteiger partial charge is 0.159 e. The number of thioether (sulfide) groups is 1. The highest BCUT2D eigenvalue weighted by Gasteiger charge is 2.34. The van der Waals surface area contributed by atoms with E-state index in [1.54, 1.807) is 23.9 Å². The molecular formula is C14H17FN2OS. The highest BCUT2D eigenvalue weighted by molar-refractivity contribution is 8.14. The highest BCUT2D eigenvalue weighted by atomic mass is 32.2. The van der Waals surface area contributed by atoms with Gasteiger partial charge in [0.25, 0.3) is 0 Å². The zero-order chi connectivity index (χ0) is 13.2. The molecule has 2 saturated heterocycles. The first-order valence-corrected chi connectivity index (χ1v) is 7.57. The van der Waals surface area contributed by atoms with Crippen LogP contribution in [0.2, 0.25) is 0 Å². The second-order valence-corrected chi connectivity index (χ2v) is 6.05. The minimum absolute atomic E-state index is 0.154. The van der Waals surface area contributed by atoms with Crippen LogP contribution in [0.3, 0.4) is 0 Å². The van der Waals surface area contributed by atoms with E-state index in [0.717, 1.165) is 35.9 Å². The Labute approximate surface area is 116 Å². The Morgan fingerprint density at radius 1 is 1.37 bits per heavy atom. The highest BCUT2D eigenvalue weighted by Crippen LogP contribution is 2.31. The van der Waals surface area contributed by atoms with E-state index in [9.17, 15) is 9.50 Å². The molecule has 5 heteroatoms. The molecule has 2 fully saturated rings. The Hall–Kier alpha value is -1.07. The number of amidine groups is 1. The molecule has 2 aliphatic rings. The Morgan fingerprint density at radius 2 is 2.16 bits per heavy atom. The van der Waals surface area contributed by atoms with Crippen molar-refractivity contribution in [3.63, 3.8) is 0 Å². The third kappa shape index (κ3) is 2.92. The van der Waals surface area contributed by atoms with Crippen LogP contribution in [0.1, 0.15) is 18.4 Å². The summed E-state index contributed by atoms with van der Waals surface area (Å²) >= 11 is 1.76. The van der Waals surface area contributed by atoms with Crippen LogP contribution in [-0.4, -0.2) is 39.6 Å². The summed E-state index contributed by atoms with van der Waals surface area (Å²) in [7, 11) is 0. The van der Waals surface area contributed by atoms with Gasteiger partial charge in [-0.05, 0) is 30.5 Å². The quantitative estimate of drug-likeness (QED) is 0.902. The average Bonchev–Trinajstić information content (AvgIpc) is 2.80. The summed E-state index contributed by atoms with van der Waals surface area (Å²) in [5, 5.41) is 10.7. The number of hydrogen-bond acceptors (Lipinski definition) is 3. The molecular weight excluding hydrogens is 263 g/mol. The van der Waals surface area contributed by atoms with E-state index in [4.69, 9.17) is 0 Å². The van der Waals surface area contributed by atoms with Gasteiger partial charge in [0.15, 0.2) is 5.17 Å². The molecule has 0 bridgehead atoms. The van der Waals surface area contributed by atoms with Crippen molar-refractivity contribution < 1.29 is 9.50 Å². The lowest BCUT2D eigenvalue weighted by Gasteiger charge is -2.33. The molecule has 3 nitrogen and oxygen atoms in total. The molecule has 0 unspecified atom stereocenters. The van der Waals surface area contributed by atoms with Crippen LogP contribution in [-0.2, 0) is 6.54 Å². The molecule has 3 rings (SSSR count). The number of hydrogen-bond donors (Lipinski definition) is 1. The molecule has 0 aromatic heterocycles. The summed E-state index contributed by atoms with van der Waals surface area (Å²) in [5.74, 6) is 0.802. The molecule has 2 aliphatic heterocycles. The number of aliphatic hydroxyl groups excluding tert-OH is 1. The van der Waals surface area contributed by atoms with Crippen LogP contribution >= 0.6 is 11.8 Å². The first kappa shape index (κ1) is 12.9. The van der Waals surface area contributed by atoms with Gasteiger partial charge < -0.3 is 10.0 Å². The Balaban J connectivity index is 1.66. The van der Waals surface area contributed by atoms with E-state index < -0.39 is 0 Å². The average molecular weight is 280 g/mol.